The van der Waals surface area contributed by atoms with Crippen LogP contribution in [-0.4, -0.2) is 23.1 Å². The average molecular weight is 217 g/mol. The highest BCUT2D eigenvalue weighted by molar-refractivity contribution is 5.75. The summed E-state index contributed by atoms with van der Waals surface area (Å²) >= 11 is 0. The molecule has 86 valence electrons. The highest BCUT2D eigenvalue weighted by Crippen LogP contribution is 2.15. The maximum atomic E-state index is 4.37. The lowest BCUT2D eigenvalue weighted by Gasteiger charge is -2.02. The minimum absolute atomic E-state index is 1.10. The molecule has 0 atom stereocenters. The third kappa shape index (κ3) is 2.42. The molecule has 0 saturated carbocycles. The number of hydrogen-bond acceptors (Lipinski definition) is 2. The van der Waals surface area contributed by atoms with Crippen LogP contribution in [0.4, 0.5) is 0 Å². The molecule has 0 fully saturated rings. The van der Waals surface area contributed by atoms with Gasteiger partial charge < -0.3 is 9.88 Å². The second kappa shape index (κ2) is 5.12. The van der Waals surface area contributed by atoms with Crippen LogP contribution in [0.25, 0.3) is 11.0 Å². The van der Waals surface area contributed by atoms with Gasteiger partial charge in [-0.2, -0.15) is 0 Å². The molecule has 16 heavy (non-hydrogen) atoms. The van der Waals surface area contributed by atoms with Crippen LogP contribution in [0.1, 0.15) is 18.4 Å². The fourth-order valence-corrected chi connectivity index (χ4v) is 1.97. The third-order valence-electron chi connectivity index (χ3n) is 2.93. The maximum Gasteiger partial charge on any atom is 0.0955 e. The predicted molar refractivity (Wildman–Crippen MR) is 67.6 cm³/mol. The smallest absolute Gasteiger partial charge is 0.0955 e. The van der Waals surface area contributed by atoms with E-state index in [9.17, 15) is 0 Å². The molecule has 0 bridgehead atoms. The van der Waals surface area contributed by atoms with Crippen LogP contribution >= 0.6 is 0 Å². The normalized spacial score (nSPS) is 11.1. The van der Waals surface area contributed by atoms with E-state index in [2.05, 4.69) is 33.1 Å². The number of fused-ring (bicyclic) bond motifs is 1. The number of rotatable bonds is 5. The van der Waals surface area contributed by atoms with Crippen molar-refractivity contribution in [1.29, 1.82) is 0 Å². The molecule has 2 aromatic rings. The second-order valence-corrected chi connectivity index (χ2v) is 4.24. The number of nitrogens with one attached hydrogen (secondary N) is 1. The number of aromatic nitrogens is 2. The molecule has 0 radical (unpaired) electrons. The molecule has 1 aromatic heterocycles. The topological polar surface area (TPSA) is 29.9 Å². The number of nitrogens with zero attached hydrogens (tertiary/aromatic N) is 2. The fraction of sp³-hybridized carbons (Fsp3) is 0.462. The zero-order valence-corrected chi connectivity index (χ0v) is 10.0. The van der Waals surface area contributed by atoms with Crippen molar-refractivity contribution in [2.75, 3.05) is 13.6 Å². The number of benzene rings is 1. The first-order valence-electron chi connectivity index (χ1n) is 5.86. The molecule has 0 saturated heterocycles. The number of imidazole rings is 1. The van der Waals surface area contributed by atoms with E-state index in [-0.39, 0.29) is 0 Å². The molecular weight excluding hydrogens is 198 g/mol. The van der Waals surface area contributed by atoms with Crippen molar-refractivity contribution >= 4 is 11.0 Å². The van der Waals surface area contributed by atoms with Crippen LogP contribution in [0.5, 0.6) is 0 Å². The summed E-state index contributed by atoms with van der Waals surface area (Å²) in [5, 5.41) is 3.17. The Labute approximate surface area is 96.5 Å². The largest absolute Gasteiger partial charge is 0.334 e. The zero-order valence-electron chi connectivity index (χ0n) is 10.0. The summed E-state index contributed by atoms with van der Waals surface area (Å²) in [5.41, 5.74) is 3.70. The first-order valence-corrected chi connectivity index (χ1v) is 5.86. The molecule has 3 nitrogen and oxygen atoms in total. The summed E-state index contributed by atoms with van der Waals surface area (Å²) in [6.07, 6.45) is 5.49. The van der Waals surface area contributed by atoms with E-state index in [4.69, 9.17) is 0 Å². The van der Waals surface area contributed by atoms with E-state index in [0.29, 0.717) is 0 Å². The number of hydrogen-bond donors (Lipinski definition) is 1. The molecule has 0 aliphatic carbocycles. The molecule has 0 unspecified atom stereocenters. The van der Waals surface area contributed by atoms with Crippen molar-refractivity contribution < 1.29 is 0 Å². The van der Waals surface area contributed by atoms with Gasteiger partial charge >= 0.3 is 0 Å². The van der Waals surface area contributed by atoms with E-state index in [0.717, 1.165) is 18.5 Å². The summed E-state index contributed by atoms with van der Waals surface area (Å²) < 4.78 is 2.06. The van der Waals surface area contributed by atoms with Gasteiger partial charge in [-0.25, -0.2) is 4.98 Å². The van der Waals surface area contributed by atoms with Crippen molar-refractivity contribution in [3.63, 3.8) is 0 Å². The van der Waals surface area contributed by atoms with E-state index >= 15 is 0 Å². The molecule has 1 N–H and O–H groups in total. The fourth-order valence-electron chi connectivity index (χ4n) is 1.97. The summed E-state index contributed by atoms with van der Waals surface area (Å²) in [4.78, 5) is 4.37. The lowest BCUT2D eigenvalue weighted by Crippen LogP contribution is -2.07. The highest BCUT2D eigenvalue weighted by atomic mass is 15.0. The van der Waals surface area contributed by atoms with Crippen LogP contribution in [0.3, 0.4) is 0 Å². The average Bonchev–Trinajstić information content (AvgIpc) is 2.66. The second-order valence-electron chi connectivity index (χ2n) is 4.24. The molecule has 2 rings (SSSR count). The van der Waals surface area contributed by atoms with Crippen molar-refractivity contribution in [3.05, 3.63) is 30.1 Å². The van der Waals surface area contributed by atoms with Gasteiger partial charge in [-0.1, -0.05) is 6.07 Å². The van der Waals surface area contributed by atoms with Gasteiger partial charge in [-0.15, -0.1) is 0 Å². The van der Waals surface area contributed by atoms with Gasteiger partial charge in [0.15, 0.2) is 0 Å². The van der Waals surface area contributed by atoms with Gasteiger partial charge in [0.2, 0.25) is 0 Å². The van der Waals surface area contributed by atoms with Gasteiger partial charge in [0.25, 0.3) is 0 Å². The minimum Gasteiger partial charge on any atom is -0.334 e. The van der Waals surface area contributed by atoms with E-state index in [1.54, 1.807) is 0 Å². The first kappa shape index (κ1) is 11.1. The molecule has 3 heteroatoms. The standard InChI is InChI=1S/C13H19N3/c1-14-8-4-3-5-11-6-7-13-12(9-11)15-10-16(13)2/h6-7,9-10,14H,3-5,8H2,1-2H3. The lowest BCUT2D eigenvalue weighted by atomic mass is 10.1. The number of unbranched alkanes of at least 4 members (excludes halogenated alkanes) is 1. The van der Waals surface area contributed by atoms with Crippen molar-refractivity contribution in [2.45, 2.75) is 19.3 Å². The van der Waals surface area contributed by atoms with Crippen molar-refractivity contribution in [2.24, 2.45) is 7.05 Å². The predicted octanol–water partition coefficient (Wildman–Crippen LogP) is 2.12. The summed E-state index contributed by atoms with van der Waals surface area (Å²) in [5.74, 6) is 0. The first-order chi connectivity index (χ1) is 7.81. The number of aryl methyl sites for hydroxylation is 2. The molecule has 0 aliphatic heterocycles. The van der Waals surface area contributed by atoms with Crippen LogP contribution in [0, 0.1) is 0 Å². The van der Waals surface area contributed by atoms with Crippen molar-refractivity contribution in [3.8, 4) is 0 Å². The van der Waals surface area contributed by atoms with E-state index in [1.165, 1.54) is 23.9 Å². The minimum atomic E-state index is 1.10. The maximum absolute atomic E-state index is 4.37. The van der Waals surface area contributed by atoms with E-state index < -0.39 is 0 Å². The van der Waals surface area contributed by atoms with Crippen LogP contribution < -0.4 is 5.32 Å². The van der Waals surface area contributed by atoms with Crippen LogP contribution in [0.2, 0.25) is 0 Å². The molecule has 1 heterocycles. The lowest BCUT2D eigenvalue weighted by molar-refractivity contribution is 0.677. The van der Waals surface area contributed by atoms with Gasteiger partial charge in [0.05, 0.1) is 17.4 Å². The Kier molecular flexibility index (Phi) is 3.57. The van der Waals surface area contributed by atoms with Crippen LogP contribution in [0.15, 0.2) is 24.5 Å². The quantitative estimate of drug-likeness (QED) is 0.777. The Balaban J connectivity index is 2.02. The molecule has 0 amide bonds. The van der Waals surface area contributed by atoms with Gasteiger partial charge in [0, 0.05) is 7.05 Å². The molecule has 1 aromatic carbocycles. The Morgan fingerprint density at radius 3 is 3.00 bits per heavy atom. The summed E-state index contributed by atoms with van der Waals surface area (Å²) in [6, 6.07) is 6.58. The summed E-state index contributed by atoms with van der Waals surface area (Å²) in [6.45, 7) is 1.10. The molecule has 0 aliphatic rings. The Morgan fingerprint density at radius 2 is 2.19 bits per heavy atom. The van der Waals surface area contributed by atoms with Crippen molar-refractivity contribution in [1.82, 2.24) is 14.9 Å². The SMILES string of the molecule is CNCCCCc1ccc2c(c1)ncn2C. The van der Waals surface area contributed by atoms with Gasteiger partial charge in [0.1, 0.15) is 0 Å². The van der Waals surface area contributed by atoms with Gasteiger partial charge in [-0.3, -0.25) is 0 Å². The molecular formula is C13H19N3. The zero-order chi connectivity index (χ0) is 11.4. The third-order valence-corrected chi connectivity index (χ3v) is 2.93. The van der Waals surface area contributed by atoms with Crippen LogP contribution in [-0.2, 0) is 13.5 Å². The molecule has 0 spiro atoms. The monoisotopic (exact) mass is 217 g/mol. The van der Waals surface area contributed by atoms with Gasteiger partial charge in [-0.05, 0) is 50.6 Å². The highest BCUT2D eigenvalue weighted by Gasteiger charge is 2.00. The Bertz CT molecular complexity index is 459. The Hall–Kier alpha value is -1.35. The summed E-state index contributed by atoms with van der Waals surface area (Å²) in [7, 11) is 4.03. The Morgan fingerprint density at radius 1 is 1.31 bits per heavy atom. The van der Waals surface area contributed by atoms with E-state index in [1.807, 2.05) is 20.4 Å².